The molecule has 0 bridgehead atoms. The van der Waals surface area contributed by atoms with E-state index in [1.54, 1.807) is 4.68 Å². The van der Waals surface area contributed by atoms with E-state index in [1.165, 1.54) is 0 Å². The third kappa shape index (κ3) is 4.99. The molecule has 2 N–H and O–H groups in total. The maximum absolute atomic E-state index is 11.7. The number of carbonyl (C=O) groups is 1. The van der Waals surface area contributed by atoms with Gasteiger partial charge in [0.05, 0.1) is 5.69 Å². The van der Waals surface area contributed by atoms with Crippen molar-refractivity contribution >= 4 is 5.91 Å². The van der Waals surface area contributed by atoms with Crippen LogP contribution in [0.3, 0.4) is 0 Å². The monoisotopic (exact) mass is 238 g/mol. The molecule has 17 heavy (non-hydrogen) atoms. The number of aryl methyl sites for hydroxylation is 1. The molecule has 1 rings (SSSR count). The molecule has 1 unspecified atom stereocenters. The largest absolute Gasteiger partial charge is 0.355 e. The van der Waals surface area contributed by atoms with E-state index in [1.807, 2.05) is 33.2 Å². The highest BCUT2D eigenvalue weighted by atomic mass is 16.1. The average Bonchev–Trinajstić information content (AvgIpc) is 2.71. The fourth-order valence-corrected chi connectivity index (χ4v) is 1.54. The van der Waals surface area contributed by atoms with Crippen molar-refractivity contribution in [2.75, 3.05) is 19.6 Å². The number of nitrogens with one attached hydrogen (secondary N) is 2. The van der Waals surface area contributed by atoms with Gasteiger partial charge in [-0.3, -0.25) is 9.48 Å². The van der Waals surface area contributed by atoms with E-state index in [2.05, 4.69) is 15.7 Å². The Hall–Kier alpha value is -1.36. The maximum atomic E-state index is 11.7. The second kappa shape index (κ2) is 7.06. The van der Waals surface area contributed by atoms with Crippen LogP contribution in [0.25, 0.3) is 0 Å². The van der Waals surface area contributed by atoms with Gasteiger partial charge >= 0.3 is 0 Å². The lowest BCUT2D eigenvalue weighted by Gasteiger charge is -2.11. The molecule has 0 aliphatic rings. The van der Waals surface area contributed by atoms with Crippen molar-refractivity contribution in [2.24, 2.45) is 13.0 Å². The van der Waals surface area contributed by atoms with Gasteiger partial charge in [0.25, 0.3) is 0 Å². The standard InChI is InChI=1S/C12H22N4O/c1-4-13-9-10(2)12(17)14-7-5-11-6-8-16(3)15-11/h6,8,10,13H,4-5,7,9H2,1-3H3,(H,14,17). The number of nitrogens with zero attached hydrogens (tertiary/aromatic N) is 2. The molecule has 1 heterocycles. The van der Waals surface area contributed by atoms with Crippen molar-refractivity contribution in [1.29, 1.82) is 0 Å². The van der Waals surface area contributed by atoms with Crippen LogP contribution in [0.5, 0.6) is 0 Å². The van der Waals surface area contributed by atoms with Gasteiger partial charge in [0.15, 0.2) is 0 Å². The summed E-state index contributed by atoms with van der Waals surface area (Å²) in [4.78, 5) is 11.7. The van der Waals surface area contributed by atoms with Gasteiger partial charge in [-0.25, -0.2) is 0 Å². The fraction of sp³-hybridized carbons (Fsp3) is 0.667. The van der Waals surface area contributed by atoms with Crippen molar-refractivity contribution in [1.82, 2.24) is 20.4 Å². The van der Waals surface area contributed by atoms with Gasteiger partial charge in [-0.05, 0) is 12.6 Å². The number of rotatable bonds is 7. The zero-order valence-corrected chi connectivity index (χ0v) is 10.9. The van der Waals surface area contributed by atoms with Crippen LogP contribution in [-0.4, -0.2) is 35.3 Å². The Kier molecular flexibility index (Phi) is 5.69. The van der Waals surface area contributed by atoms with Crippen molar-refractivity contribution in [3.05, 3.63) is 18.0 Å². The van der Waals surface area contributed by atoms with Gasteiger partial charge in [0.1, 0.15) is 0 Å². The second-order valence-electron chi connectivity index (χ2n) is 4.23. The zero-order valence-electron chi connectivity index (χ0n) is 10.9. The molecular weight excluding hydrogens is 216 g/mol. The molecule has 96 valence electrons. The predicted octanol–water partition coefficient (Wildman–Crippen LogP) is 0.324. The molecule has 0 saturated heterocycles. The van der Waals surface area contributed by atoms with Crippen LogP contribution in [0.1, 0.15) is 19.5 Å². The van der Waals surface area contributed by atoms with Crippen molar-refractivity contribution in [3.63, 3.8) is 0 Å². The van der Waals surface area contributed by atoms with E-state index in [0.717, 1.165) is 25.2 Å². The minimum absolute atomic E-state index is 0.0127. The molecule has 0 aliphatic carbocycles. The van der Waals surface area contributed by atoms with Gasteiger partial charge in [-0.15, -0.1) is 0 Å². The second-order valence-corrected chi connectivity index (χ2v) is 4.23. The Morgan fingerprint density at radius 2 is 2.35 bits per heavy atom. The quantitative estimate of drug-likeness (QED) is 0.719. The molecule has 0 saturated carbocycles. The predicted molar refractivity (Wildman–Crippen MR) is 67.6 cm³/mol. The van der Waals surface area contributed by atoms with E-state index in [-0.39, 0.29) is 11.8 Å². The van der Waals surface area contributed by atoms with Gasteiger partial charge in [0.2, 0.25) is 5.91 Å². The summed E-state index contributed by atoms with van der Waals surface area (Å²) in [5.74, 6) is 0.112. The molecule has 5 heteroatoms. The van der Waals surface area contributed by atoms with E-state index >= 15 is 0 Å². The Balaban J connectivity index is 2.19. The normalized spacial score (nSPS) is 12.4. The summed E-state index contributed by atoms with van der Waals surface area (Å²) in [6.07, 6.45) is 2.69. The smallest absolute Gasteiger partial charge is 0.224 e. The summed E-state index contributed by atoms with van der Waals surface area (Å²) in [5.41, 5.74) is 1.01. The third-order valence-electron chi connectivity index (χ3n) is 2.60. The minimum Gasteiger partial charge on any atom is -0.355 e. The number of amides is 1. The molecule has 5 nitrogen and oxygen atoms in total. The molecule has 0 spiro atoms. The molecule has 0 fully saturated rings. The Bertz CT molecular complexity index is 348. The molecule has 1 aromatic heterocycles. The summed E-state index contributed by atoms with van der Waals surface area (Å²) < 4.78 is 1.77. The molecule has 0 aliphatic heterocycles. The number of hydrogen-bond acceptors (Lipinski definition) is 3. The van der Waals surface area contributed by atoms with Crippen LogP contribution in [0, 0.1) is 5.92 Å². The summed E-state index contributed by atoms with van der Waals surface area (Å²) in [5, 5.41) is 10.3. The third-order valence-corrected chi connectivity index (χ3v) is 2.60. The minimum atomic E-state index is 0.0127. The molecule has 1 aromatic rings. The van der Waals surface area contributed by atoms with Crippen molar-refractivity contribution in [2.45, 2.75) is 20.3 Å². The van der Waals surface area contributed by atoms with Crippen molar-refractivity contribution in [3.8, 4) is 0 Å². The van der Waals surface area contributed by atoms with E-state index in [9.17, 15) is 4.79 Å². The highest BCUT2D eigenvalue weighted by molar-refractivity contribution is 5.78. The lowest BCUT2D eigenvalue weighted by atomic mass is 10.1. The highest BCUT2D eigenvalue weighted by Crippen LogP contribution is 1.96. The van der Waals surface area contributed by atoms with Crippen LogP contribution >= 0.6 is 0 Å². The van der Waals surface area contributed by atoms with E-state index < -0.39 is 0 Å². The fourth-order valence-electron chi connectivity index (χ4n) is 1.54. The van der Waals surface area contributed by atoms with Gasteiger partial charge in [-0.1, -0.05) is 13.8 Å². The van der Waals surface area contributed by atoms with Crippen LogP contribution in [0.15, 0.2) is 12.3 Å². The molecule has 0 aromatic carbocycles. The van der Waals surface area contributed by atoms with E-state index in [4.69, 9.17) is 0 Å². The Morgan fingerprint density at radius 1 is 1.59 bits per heavy atom. The summed E-state index contributed by atoms with van der Waals surface area (Å²) >= 11 is 0. The molecule has 0 radical (unpaired) electrons. The lowest BCUT2D eigenvalue weighted by molar-refractivity contribution is -0.124. The summed E-state index contributed by atoms with van der Waals surface area (Å²) in [6.45, 7) is 6.23. The number of hydrogen-bond donors (Lipinski definition) is 2. The Morgan fingerprint density at radius 3 is 2.94 bits per heavy atom. The summed E-state index contributed by atoms with van der Waals surface area (Å²) in [6, 6.07) is 1.97. The average molecular weight is 238 g/mol. The van der Waals surface area contributed by atoms with Crippen LogP contribution < -0.4 is 10.6 Å². The first-order valence-electron chi connectivity index (χ1n) is 6.10. The zero-order chi connectivity index (χ0) is 12.7. The van der Waals surface area contributed by atoms with Crippen molar-refractivity contribution < 1.29 is 4.79 Å². The van der Waals surface area contributed by atoms with Gasteiger partial charge in [-0.2, -0.15) is 5.10 Å². The summed E-state index contributed by atoms with van der Waals surface area (Å²) in [7, 11) is 1.89. The SMILES string of the molecule is CCNCC(C)C(=O)NCCc1ccn(C)n1. The van der Waals surface area contributed by atoms with Crippen LogP contribution in [-0.2, 0) is 18.3 Å². The first-order chi connectivity index (χ1) is 8.13. The van der Waals surface area contributed by atoms with Crippen LogP contribution in [0.2, 0.25) is 0 Å². The first-order valence-corrected chi connectivity index (χ1v) is 6.10. The molecule has 1 atom stereocenters. The maximum Gasteiger partial charge on any atom is 0.224 e. The van der Waals surface area contributed by atoms with E-state index in [0.29, 0.717) is 6.54 Å². The molecular formula is C12H22N4O. The lowest BCUT2D eigenvalue weighted by Crippen LogP contribution is -2.36. The van der Waals surface area contributed by atoms with Gasteiger partial charge < -0.3 is 10.6 Å². The van der Waals surface area contributed by atoms with Gasteiger partial charge in [0, 0.05) is 38.7 Å². The first kappa shape index (κ1) is 13.7. The topological polar surface area (TPSA) is 59.0 Å². The Labute approximate surface area is 103 Å². The number of aromatic nitrogens is 2. The van der Waals surface area contributed by atoms with Crippen LogP contribution in [0.4, 0.5) is 0 Å². The molecule has 1 amide bonds. The number of carbonyl (C=O) groups excluding carboxylic acids is 1. The highest BCUT2D eigenvalue weighted by Gasteiger charge is 2.11.